The van der Waals surface area contributed by atoms with Crippen molar-refractivity contribution in [1.82, 2.24) is 0 Å². The fraction of sp³-hybridized carbons (Fsp3) is 1.00. The molecule has 1 nitrogen and oxygen atoms in total. The first kappa shape index (κ1) is 15.0. The predicted octanol–water partition coefficient (Wildman–Crippen LogP) is 4.68. The summed E-state index contributed by atoms with van der Waals surface area (Å²) >= 11 is 0. The summed E-state index contributed by atoms with van der Waals surface area (Å²) in [5, 5.41) is 9.08. The van der Waals surface area contributed by atoms with Crippen molar-refractivity contribution in [3.8, 4) is 0 Å². The summed E-state index contributed by atoms with van der Waals surface area (Å²) in [6.45, 7) is 4.15. The summed E-state index contributed by atoms with van der Waals surface area (Å²) < 4.78 is 0. The van der Waals surface area contributed by atoms with Gasteiger partial charge in [0.1, 0.15) is 0 Å². The molecular formula is C14H30O. The number of hydrogen-bond donors (Lipinski definition) is 1. The van der Waals surface area contributed by atoms with Crippen molar-refractivity contribution in [2.24, 2.45) is 0 Å². The molecule has 0 aromatic heterocycles. The Bertz CT molecular complexity index is 110. The van der Waals surface area contributed by atoms with Crippen LogP contribution in [-0.2, 0) is 0 Å². The van der Waals surface area contributed by atoms with Crippen LogP contribution in [0.2, 0.25) is 0 Å². The maximum atomic E-state index is 9.08. The second-order valence-corrected chi connectivity index (χ2v) is 4.82. The molecule has 0 fully saturated rings. The van der Waals surface area contributed by atoms with Crippen molar-refractivity contribution >= 4 is 0 Å². The summed E-state index contributed by atoms with van der Waals surface area (Å²) in [4.78, 5) is 0. The first-order chi connectivity index (χ1) is 7.27. The van der Waals surface area contributed by atoms with E-state index in [0.29, 0.717) is 0 Å². The Labute approximate surface area is 96.3 Å². The molecule has 0 saturated carbocycles. The molecule has 0 rings (SSSR count). The van der Waals surface area contributed by atoms with E-state index in [1.165, 1.54) is 64.2 Å². The molecule has 92 valence electrons. The smallest absolute Gasteiger partial charge is 0.0512 e. The van der Waals surface area contributed by atoms with Crippen LogP contribution in [-0.4, -0.2) is 11.2 Å². The molecule has 0 bridgehead atoms. The van der Waals surface area contributed by atoms with Crippen molar-refractivity contribution in [2.75, 3.05) is 0 Å². The topological polar surface area (TPSA) is 20.2 Å². The van der Waals surface area contributed by atoms with Gasteiger partial charge in [0.25, 0.3) is 0 Å². The Morgan fingerprint density at radius 2 is 1.13 bits per heavy atom. The van der Waals surface area contributed by atoms with Crippen molar-refractivity contribution in [3.05, 3.63) is 0 Å². The molecule has 1 heteroatoms. The number of hydrogen-bond acceptors (Lipinski definition) is 1. The second kappa shape index (κ2) is 12.0. The van der Waals surface area contributed by atoms with E-state index >= 15 is 0 Å². The molecule has 0 heterocycles. The molecule has 0 spiro atoms. The van der Waals surface area contributed by atoms with E-state index in [1.54, 1.807) is 0 Å². The number of rotatable bonds is 11. The molecule has 0 aliphatic carbocycles. The fourth-order valence-corrected chi connectivity index (χ4v) is 1.93. The van der Waals surface area contributed by atoms with Gasteiger partial charge in [-0.2, -0.15) is 0 Å². The van der Waals surface area contributed by atoms with E-state index < -0.39 is 0 Å². The van der Waals surface area contributed by atoms with E-state index in [9.17, 15) is 0 Å². The van der Waals surface area contributed by atoms with Crippen molar-refractivity contribution in [2.45, 2.75) is 90.6 Å². The van der Waals surface area contributed by atoms with Crippen LogP contribution in [0.4, 0.5) is 0 Å². The molecule has 15 heavy (non-hydrogen) atoms. The highest BCUT2D eigenvalue weighted by Gasteiger charge is 1.95. The molecule has 0 aliphatic heterocycles. The maximum Gasteiger partial charge on any atom is 0.0512 e. The number of aliphatic hydroxyl groups excluding tert-OH is 1. The standard InChI is InChI=1S/C14H30O/c1-3-4-5-6-7-8-9-10-11-12-13-14(2)15/h14-15H,3-13H2,1-2H3/t14-/m0/s1. The fourth-order valence-electron chi connectivity index (χ4n) is 1.93. The lowest BCUT2D eigenvalue weighted by Crippen LogP contribution is -1.98. The van der Waals surface area contributed by atoms with Gasteiger partial charge in [-0.15, -0.1) is 0 Å². The van der Waals surface area contributed by atoms with Gasteiger partial charge in [0, 0.05) is 0 Å². The van der Waals surface area contributed by atoms with Crippen molar-refractivity contribution < 1.29 is 5.11 Å². The van der Waals surface area contributed by atoms with E-state index in [-0.39, 0.29) is 6.10 Å². The molecule has 1 N–H and O–H groups in total. The Morgan fingerprint density at radius 1 is 0.733 bits per heavy atom. The summed E-state index contributed by atoms with van der Waals surface area (Å²) in [5.41, 5.74) is 0. The van der Waals surface area contributed by atoms with Gasteiger partial charge in [-0.1, -0.05) is 71.1 Å². The first-order valence-corrected chi connectivity index (χ1v) is 6.95. The number of aliphatic hydroxyl groups is 1. The zero-order valence-electron chi connectivity index (χ0n) is 10.8. The lowest BCUT2D eigenvalue weighted by molar-refractivity contribution is 0.180. The van der Waals surface area contributed by atoms with Gasteiger partial charge < -0.3 is 5.11 Å². The van der Waals surface area contributed by atoms with Gasteiger partial charge in [-0.3, -0.25) is 0 Å². The van der Waals surface area contributed by atoms with Gasteiger partial charge in [-0.25, -0.2) is 0 Å². The summed E-state index contributed by atoms with van der Waals surface area (Å²) in [6, 6.07) is 0. The van der Waals surface area contributed by atoms with E-state index in [4.69, 9.17) is 5.11 Å². The zero-order valence-corrected chi connectivity index (χ0v) is 10.8. The molecule has 0 radical (unpaired) electrons. The average molecular weight is 214 g/mol. The SMILES string of the molecule is CCCCCCCCCCCC[C@H](C)O. The van der Waals surface area contributed by atoms with Crippen LogP contribution in [0.3, 0.4) is 0 Å². The molecule has 0 amide bonds. The average Bonchev–Trinajstić information content (AvgIpc) is 2.20. The van der Waals surface area contributed by atoms with Crippen LogP contribution >= 0.6 is 0 Å². The van der Waals surface area contributed by atoms with Gasteiger partial charge in [0.2, 0.25) is 0 Å². The minimum Gasteiger partial charge on any atom is -0.393 e. The normalized spacial score (nSPS) is 13.0. The van der Waals surface area contributed by atoms with Crippen LogP contribution in [0, 0.1) is 0 Å². The molecule has 0 aliphatic rings. The maximum absolute atomic E-state index is 9.08. The van der Waals surface area contributed by atoms with Gasteiger partial charge in [0.05, 0.1) is 6.10 Å². The summed E-state index contributed by atoms with van der Waals surface area (Å²) in [6.07, 6.45) is 14.6. The highest BCUT2D eigenvalue weighted by molar-refractivity contribution is 4.50. The predicted molar refractivity (Wildman–Crippen MR) is 68.1 cm³/mol. The van der Waals surface area contributed by atoms with Crippen molar-refractivity contribution in [1.29, 1.82) is 0 Å². The summed E-state index contributed by atoms with van der Waals surface area (Å²) in [7, 11) is 0. The summed E-state index contributed by atoms with van der Waals surface area (Å²) in [5.74, 6) is 0. The Balaban J connectivity index is 2.87. The highest BCUT2D eigenvalue weighted by Crippen LogP contribution is 2.11. The minimum atomic E-state index is -0.0981. The van der Waals surface area contributed by atoms with Gasteiger partial charge in [-0.05, 0) is 13.3 Å². The zero-order chi connectivity index (χ0) is 11.4. The van der Waals surface area contributed by atoms with Crippen LogP contribution in [0.1, 0.15) is 84.5 Å². The van der Waals surface area contributed by atoms with E-state index in [1.807, 2.05) is 6.92 Å². The molecular weight excluding hydrogens is 184 g/mol. The Morgan fingerprint density at radius 3 is 1.53 bits per heavy atom. The quantitative estimate of drug-likeness (QED) is 0.495. The first-order valence-electron chi connectivity index (χ1n) is 6.95. The van der Waals surface area contributed by atoms with Crippen LogP contribution in [0.5, 0.6) is 0 Å². The monoisotopic (exact) mass is 214 g/mol. The Hall–Kier alpha value is -0.0400. The third-order valence-electron chi connectivity index (χ3n) is 2.98. The third kappa shape index (κ3) is 14.0. The van der Waals surface area contributed by atoms with Gasteiger partial charge in [0.15, 0.2) is 0 Å². The largest absolute Gasteiger partial charge is 0.393 e. The van der Waals surface area contributed by atoms with E-state index in [0.717, 1.165) is 6.42 Å². The molecule has 0 aromatic rings. The second-order valence-electron chi connectivity index (χ2n) is 4.82. The van der Waals surface area contributed by atoms with Crippen LogP contribution in [0.25, 0.3) is 0 Å². The molecule has 1 atom stereocenters. The van der Waals surface area contributed by atoms with E-state index in [2.05, 4.69) is 6.92 Å². The highest BCUT2D eigenvalue weighted by atomic mass is 16.3. The lowest BCUT2D eigenvalue weighted by Gasteiger charge is -2.04. The van der Waals surface area contributed by atoms with Crippen LogP contribution < -0.4 is 0 Å². The Kier molecular flexibility index (Phi) is 12.0. The lowest BCUT2D eigenvalue weighted by atomic mass is 10.1. The third-order valence-corrected chi connectivity index (χ3v) is 2.98. The molecule has 0 unspecified atom stereocenters. The number of unbranched alkanes of at least 4 members (excludes halogenated alkanes) is 9. The van der Waals surface area contributed by atoms with Crippen molar-refractivity contribution in [3.63, 3.8) is 0 Å². The molecule has 0 aromatic carbocycles. The van der Waals surface area contributed by atoms with Crippen LogP contribution in [0.15, 0.2) is 0 Å². The molecule has 0 saturated heterocycles. The minimum absolute atomic E-state index is 0.0981. The van der Waals surface area contributed by atoms with Gasteiger partial charge >= 0.3 is 0 Å².